The number of rotatable bonds is 2. The molecule has 0 fully saturated rings. The van der Waals surface area contributed by atoms with Crippen molar-refractivity contribution in [3.8, 4) is 11.5 Å². The third-order valence-corrected chi connectivity index (χ3v) is 1.86. The number of Topliss-reactive ketones (excluding diaryl/α,β-unsaturated/α-hetero) is 1. The van der Waals surface area contributed by atoms with E-state index >= 15 is 0 Å². The van der Waals surface area contributed by atoms with Crippen LogP contribution in [0.5, 0.6) is 11.5 Å². The van der Waals surface area contributed by atoms with Gasteiger partial charge in [-0.05, 0) is 13.0 Å². The first-order chi connectivity index (χ1) is 6.97. The van der Waals surface area contributed by atoms with E-state index in [9.17, 15) is 14.7 Å². The summed E-state index contributed by atoms with van der Waals surface area (Å²) in [5, 5.41) is 18.6. The fraction of sp³-hybridized carbons (Fsp3) is 0.200. The summed E-state index contributed by atoms with van der Waals surface area (Å²) in [4.78, 5) is 22.4. The van der Waals surface area contributed by atoms with Gasteiger partial charge in [0.2, 0.25) is 0 Å². The van der Waals surface area contributed by atoms with E-state index in [1.165, 1.54) is 6.92 Å². The van der Waals surface area contributed by atoms with E-state index in [0.717, 1.165) is 19.2 Å². The molecule has 5 nitrogen and oxygen atoms in total. The van der Waals surface area contributed by atoms with Crippen LogP contribution in [0.1, 0.15) is 27.6 Å². The van der Waals surface area contributed by atoms with Crippen LogP contribution in [0.3, 0.4) is 0 Å². The number of carbonyl (C=O) groups excluding carboxylic acids is 2. The largest absolute Gasteiger partial charge is 0.508 e. The predicted octanol–water partition coefficient (Wildman–Crippen LogP) is 1.09. The van der Waals surface area contributed by atoms with Gasteiger partial charge in [0, 0.05) is 6.07 Å². The lowest BCUT2D eigenvalue weighted by Gasteiger charge is -2.07. The molecule has 15 heavy (non-hydrogen) atoms. The predicted molar refractivity (Wildman–Crippen MR) is 51.1 cm³/mol. The first-order valence-electron chi connectivity index (χ1n) is 4.12. The minimum absolute atomic E-state index is 0.150. The molecule has 0 unspecified atom stereocenters. The molecule has 80 valence electrons. The second kappa shape index (κ2) is 4.00. The molecule has 0 saturated carbocycles. The standard InChI is InChI=1S/C10H10O5/c1-5(11)9-7(10(14)15-2)3-6(12)4-8(9)13/h3-4,12-13H,1-2H3. The Balaban J connectivity index is 3.46. The van der Waals surface area contributed by atoms with Crippen LogP contribution in [0.2, 0.25) is 0 Å². The Morgan fingerprint density at radius 1 is 1.27 bits per heavy atom. The maximum absolute atomic E-state index is 11.2. The molecule has 0 saturated heterocycles. The molecular formula is C10H10O5. The summed E-state index contributed by atoms with van der Waals surface area (Å²) in [6.07, 6.45) is 0. The van der Waals surface area contributed by atoms with Crippen LogP contribution in [-0.4, -0.2) is 29.1 Å². The number of methoxy groups -OCH3 is 1. The number of carbonyl (C=O) groups is 2. The van der Waals surface area contributed by atoms with E-state index in [0.29, 0.717) is 0 Å². The van der Waals surface area contributed by atoms with E-state index in [-0.39, 0.29) is 16.9 Å². The average molecular weight is 210 g/mol. The van der Waals surface area contributed by atoms with Crippen LogP contribution in [0.4, 0.5) is 0 Å². The number of hydrogen-bond acceptors (Lipinski definition) is 5. The number of hydrogen-bond donors (Lipinski definition) is 2. The van der Waals surface area contributed by atoms with Crippen molar-refractivity contribution in [3.05, 3.63) is 23.3 Å². The lowest BCUT2D eigenvalue weighted by molar-refractivity contribution is 0.0596. The number of phenols is 2. The Bertz CT molecular complexity index is 422. The molecule has 2 N–H and O–H groups in total. The van der Waals surface area contributed by atoms with Crippen molar-refractivity contribution in [3.63, 3.8) is 0 Å². The van der Waals surface area contributed by atoms with Crippen LogP contribution in [0.25, 0.3) is 0 Å². The molecule has 0 bridgehead atoms. The van der Waals surface area contributed by atoms with Crippen LogP contribution >= 0.6 is 0 Å². The summed E-state index contributed by atoms with van der Waals surface area (Å²) in [5.41, 5.74) is -0.304. The van der Waals surface area contributed by atoms with E-state index in [1.54, 1.807) is 0 Å². The summed E-state index contributed by atoms with van der Waals surface area (Å²) < 4.78 is 4.42. The van der Waals surface area contributed by atoms with Gasteiger partial charge >= 0.3 is 5.97 Å². The van der Waals surface area contributed by atoms with Crippen LogP contribution in [0.15, 0.2) is 12.1 Å². The highest BCUT2D eigenvalue weighted by atomic mass is 16.5. The molecule has 1 rings (SSSR count). The lowest BCUT2D eigenvalue weighted by atomic mass is 10.0. The molecule has 0 heterocycles. The quantitative estimate of drug-likeness (QED) is 0.563. The molecule has 1 aromatic carbocycles. The number of benzene rings is 1. The fourth-order valence-electron chi connectivity index (χ4n) is 1.25. The highest BCUT2D eigenvalue weighted by molar-refractivity contribution is 6.07. The zero-order valence-corrected chi connectivity index (χ0v) is 8.27. The van der Waals surface area contributed by atoms with Crippen molar-refractivity contribution >= 4 is 11.8 Å². The van der Waals surface area contributed by atoms with Crippen molar-refractivity contribution < 1.29 is 24.5 Å². The molecule has 0 aliphatic rings. The smallest absolute Gasteiger partial charge is 0.338 e. The molecule has 0 radical (unpaired) electrons. The number of esters is 1. The summed E-state index contributed by atoms with van der Waals surface area (Å²) in [6, 6.07) is 2.06. The van der Waals surface area contributed by atoms with Gasteiger partial charge in [0.25, 0.3) is 0 Å². The van der Waals surface area contributed by atoms with Crippen LogP contribution in [-0.2, 0) is 4.74 Å². The fourth-order valence-corrected chi connectivity index (χ4v) is 1.25. The first-order valence-corrected chi connectivity index (χ1v) is 4.12. The second-order valence-electron chi connectivity index (χ2n) is 2.94. The molecule has 0 atom stereocenters. The molecule has 0 aliphatic carbocycles. The van der Waals surface area contributed by atoms with Gasteiger partial charge < -0.3 is 14.9 Å². The molecule has 0 aromatic heterocycles. The minimum Gasteiger partial charge on any atom is -0.508 e. The molecule has 0 amide bonds. The molecule has 0 spiro atoms. The van der Waals surface area contributed by atoms with Crippen molar-refractivity contribution in [2.75, 3.05) is 7.11 Å². The maximum Gasteiger partial charge on any atom is 0.338 e. The lowest BCUT2D eigenvalue weighted by Crippen LogP contribution is -2.08. The number of phenolic OH excluding ortho intramolecular Hbond substituents is 2. The van der Waals surface area contributed by atoms with Gasteiger partial charge in [-0.2, -0.15) is 0 Å². The number of ketones is 1. The summed E-state index contributed by atoms with van der Waals surface area (Å²) in [7, 11) is 1.15. The van der Waals surface area contributed by atoms with Crippen LogP contribution < -0.4 is 0 Å². The Labute approximate surface area is 85.9 Å². The van der Waals surface area contributed by atoms with Crippen molar-refractivity contribution in [2.45, 2.75) is 6.92 Å². The number of aromatic hydroxyl groups is 2. The highest BCUT2D eigenvalue weighted by Crippen LogP contribution is 2.28. The average Bonchev–Trinajstić information content (AvgIpc) is 2.14. The Hall–Kier alpha value is -2.04. The van der Waals surface area contributed by atoms with Crippen molar-refractivity contribution in [1.82, 2.24) is 0 Å². The van der Waals surface area contributed by atoms with Gasteiger partial charge in [0.15, 0.2) is 5.78 Å². The summed E-state index contributed by atoms with van der Waals surface area (Å²) in [6.45, 7) is 1.21. The van der Waals surface area contributed by atoms with Gasteiger partial charge in [0.05, 0.1) is 18.2 Å². The molecular weight excluding hydrogens is 200 g/mol. The van der Waals surface area contributed by atoms with Gasteiger partial charge in [-0.3, -0.25) is 4.79 Å². The number of ether oxygens (including phenoxy) is 1. The molecule has 0 aliphatic heterocycles. The SMILES string of the molecule is COC(=O)c1cc(O)cc(O)c1C(C)=O. The molecule has 1 aromatic rings. The van der Waals surface area contributed by atoms with E-state index < -0.39 is 17.5 Å². The third kappa shape index (κ3) is 2.07. The Morgan fingerprint density at radius 2 is 1.87 bits per heavy atom. The first kappa shape index (κ1) is 11.0. The maximum atomic E-state index is 11.2. The van der Waals surface area contributed by atoms with Crippen molar-refractivity contribution in [2.24, 2.45) is 0 Å². The minimum atomic E-state index is -0.786. The van der Waals surface area contributed by atoms with E-state index in [4.69, 9.17) is 5.11 Å². The highest BCUT2D eigenvalue weighted by Gasteiger charge is 2.20. The van der Waals surface area contributed by atoms with Gasteiger partial charge in [-0.25, -0.2) is 4.79 Å². The topological polar surface area (TPSA) is 83.8 Å². The zero-order valence-electron chi connectivity index (χ0n) is 8.27. The van der Waals surface area contributed by atoms with Crippen molar-refractivity contribution in [1.29, 1.82) is 0 Å². The van der Waals surface area contributed by atoms with Gasteiger partial charge in [-0.15, -0.1) is 0 Å². The van der Waals surface area contributed by atoms with Crippen LogP contribution in [0, 0.1) is 0 Å². The zero-order chi connectivity index (χ0) is 11.6. The third-order valence-electron chi connectivity index (χ3n) is 1.86. The van der Waals surface area contributed by atoms with Gasteiger partial charge in [0.1, 0.15) is 11.5 Å². The second-order valence-corrected chi connectivity index (χ2v) is 2.94. The van der Waals surface area contributed by atoms with E-state index in [1.807, 2.05) is 0 Å². The Kier molecular flexibility index (Phi) is 2.94. The summed E-state index contributed by atoms with van der Waals surface area (Å²) >= 11 is 0. The van der Waals surface area contributed by atoms with E-state index in [2.05, 4.69) is 4.74 Å². The molecule has 5 heteroatoms. The summed E-state index contributed by atoms with van der Waals surface area (Å²) in [5.74, 6) is -2.01. The monoisotopic (exact) mass is 210 g/mol. The Morgan fingerprint density at radius 3 is 2.33 bits per heavy atom. The normalized spacial score (nSPS) is 9.73. The van der Waals surface area contributed by atoms with Gasteiger partial charge in [-0.1, -0.05) is 0 Å².